The van der Waals surface area contributed by atoms with Crippen LogP contribution in [0.15, 0.2) is 36.4 Å². The molecule has 0 saturated heterocycles. The van der Waals surface area contributed by atoms with Crippen LogP contribution in [0.25, 0.3) is 0 Å². The summed E-state index contributed by atoms with van der Waals surface area (Å²) in [4.78, 5) is 24.1. The first kappa shape index (κ1) is 22.5. The molecule has 29 heavy (non-hydrogen) atoms. The number of benzene rings is 2. The van der Waals surface area contributed by atoms with Gasteiger partial charge in [0.1, 0.15) is 11.4 Å². The number of nitrogens with one attached hydrogen (secondary N) is 2. The average molecular weight is 433 g/mol. The molecule has 2 aromatic carbocycles. The molecule has 0 bridgehead atoms. The maximum absolute atomic E-state index is 14.0. The normalized spacial score (nSPS) is 11.7. The Hall–Kier alpha value is -2.81. The zero-order valence-electron chi connectivity index (χ0n) is 15.6. The monoisotopic (exact) mass is 432 g/mol. The van der Waals surface area contributed by atoms with Crippen molar-refractivity contribution in [2.45, 2.75) is 32.5 Å². The Morgan fingerprint density at radius 2 is 1.66 bits per heavy atom. The highest BCUT2D eigenvalue weighted by Crippen LogP contribution is 2.35. The molecule has 0 heterocycles. The van der Waals surface area contributed by atoms with Crippen LogP contribution in [0.4, 0.5) is 33.7 Å². The largest absolute Gasteiger partial charge is 0.444 e. The number of ether oxygens (including phenoxy) is 1. The van der Waals surface area contributed by atoms with Gasteiger partial charge in [-0.2, -0.15) is 13.2 Å². The number of amides is 2. The molecular weight excluding hydrogens is 416 g/mol. The number of hydrogen-bond acceptors (Lipinski definition) is 3. The molecule has 0 fully saturated rings. The van der Waals surface area contributed by atoms with Gasteiger partial charge in [0, 0.05) is 11.3 Å². The predicted octanol–water partition coefficient (Wildman–Crippen LogP) is 6.10. The number of rotatable bonds is 3. The zero-order chi connectivity index (χ0) is 22.0. The zero-order valence-corrected chi connectivity index (χ0v) is 16.3. The maximum atomic E-state index is 14.0. The van der Waals surface area contributed by atoms with Crippen molar-refractivity contribution < 1.29 is 31.9 Å². The Balaban J connectivity index is 2.22. The third kappa shape index (κ3) is 6.35. The Labute approximate surface area is 169 Å². The Kier molecular flexibility index (Phi) is 6.42. The second kappa shape index (κ2) is 8.28. The molecule has 0 saturated carbocycles. The lowest BCUT2D eigenvalue weighted by atomic mass is 10.1. The third-order valence-corrected chi connectivity index (χ3v) is 3.72. The minimum Gasteiger partial charge on any atom is -0.444 e. The van der Waals surface area contributed by atoms with E-state index in [9.17, 15) is 27.2 Å². The molecule has 0 spiro atoms. The molecule has 10 heteroatoms. The minimum atomic E-state index is -4.75. The fourth-order valence-electron chi connectivity index (χ4n) is 2.20. The van der Waals surface area contributed by atoms with Gasteiger partial charge in [-0.15, -0.1) is 0 Å². The summed E-state index contributed by atoms with van der Waals surface area (Å²) in [6.45, 7) is 4.97. The van der Waals surface area contributed by atoms with Gasteiger partial charge in [-0.05, 0) is 57.2 Å². The lowest BCUT2D eigenvalue weighted by Crippen LogP contribution is -2.27. The van der Waals surface area contributed by atoms with Gasteiger partial charge in [0.05, 0.1) is 16.3 Å². The number of carbonyl (C=O) groups is 2. The highest BCUT2D eigenvalue weighted by molar-refractivity contribution is 6.31. The highest BCUT2D eigenvalue weighted by atomic mass is 35.5. The number of alkyl halides is 3. The second-order valence-corrected chi connectivity index (χ2v) is 7.38. The van der Waals surface area contributed by atoms with Gasteiger partial charge in [-0.3, -0.25) is 10.1 Å². The molecule has 2 N–H and O–H groups in total. The van der Waals surface area contributed by atoms with E-state index in [0.717, 1.165) is 24.3 Å². The molecular formula is C19H17ClF4N2O3. The van der Waals surface area contributed by atoms with E-state index in [1.807, 2.05) is 0 Å². The fraction of sp³-hybridized carbons (Fsp3) is 0.263. The molecule has 0 unspecified atom stereocenters. The van der Waals surface area contributed by atoms with Crippen molar-refractivity contribution in [2.75, 3.05) is 10.6 Å². The standard InChI is InChI=1S/C19H17ClF4N2O3/c1-18(2,3)29-17(28)25-11-5-7-14(21)15(9-11)26-16(27)10-4-6-13(20)12(8-10)19(22,23)24/h4-9H,1-3H3,(H,25,28)(H,26,27). The van der Waals surface area contributed by atoms with Crippen LogP contribution in [0.1, 0.15) is 36.7 Å². The van der Waals surface area contributed by atoms with E-state index in [1.165, 1.54) is 6.07 Å². The van der Waals surface area contributed by atoms with Gasteiger partial charge in [-0.25, -0.2) is 9.18 Å². The van der Waals surface area contributed by atoms with Crippen LogP contribution in [0.2, 0.25) is 5.02 Å². The van der Waals surface area contributed by atoms with Crippen LogP contribution in [-0.4, -0.2) is 17.6 Å². The van der Waals surface area contributed by atoms with Crippen molar-refractivity contribution in [1.82, 2.24) is 0 Å². The number of carbonyl (C=O) groups excluding carboxylic acids is 2. The third-order valence-electron chi connectivity index (χ3n) is 3.39. The van der Waals surface area contributed by atoms with Crippen LogP contribution in [0, 0.1) is 5.82 Å². The van der Waals surface area contributed by atoms with E-state index in [1.54, 1.807) is 20.8 Å². The number of anilines is 2. The summed E-state index contributed by atoms with van der Waals surface area (Å²) in [5, 5.41) is 3.97. The molecule has 2 rings (SSSR count). The minimum absolute atomic E-state index is 0.114. The number of halogens is 5. The van der Waals surface area contributed by atoms with Crippen LogP contribution in [0.5, 0.6) is 0 Å². The first-order valence-electron chi connectivity index (χ1n) is 8.24. The molecule has 0 aliphatic heterocycles. The molecule has 0 radical (unpaired) electrons. The topological polar surface area (TPSA) is 67.4 Å². The SMILES string of the molecule is CC(C)(C)OC(=O)Nc1ccc(F)c(NC(=O)c2ccc(Cl)c(C(F)(F)F)c2)c1. The Morgan fingerprint density at radius 1 is 1.00 bits per heavy atom. The van der Waals surface area contributed by atoms with Crippen LogP contribution in [-0.2, 0) is 10.9 Å². The van der Waals surface area contributed by atoms with Crippen LogP contribution >= 0.6 is 11.6 Å². The molecule has 0 aliphatic carbocycles. The maximum Gasteiger partial charge on any atom is 0.417 e. The lowest BCUT2D eigenvalue weighted by Gasteiger charge is -2.20. The quantitative estimate of drug-likeness (QED) is 0.576. The molecule has 0 aliphatic rings. The van der Waals surface area contributed by atoms with Crippen molar-refractivity contribution in [2.24, 2.45) is 0 Å². The van der Waals surface area contributed by atoms with Gasteiger partial charge in [0.25, 0.3) is 5.91 Å². The summed E-state index contributed by atoms with van der Waals surface area (Å²) in [5.74, 6) is -1.83. The Morgan fingerprint density at radius 3 is 2.24 bits per heavy atom. The molecule has 156 valence electrons. The van der Waals surface area contributed by atoms with Gasteiger partial charge >= 0.3 is 12.3 Å². The summed E-state index contributed by atoms with van der Waals surface area (Å²) in [6.07, 6.45) is -5.55. The highest BCUT2D eigenvalue weighted by Gasteiger charge is 2.34. The summed E-state index contributed by atoms with van der Waals surface area (Å²) in [7, 11) is 0. The van der Waals surface area contributed by atoms with E-state index < -0.39 is 40.2 Å². The van der Waals surface area contributed by atoms with Gasteiger partial charge in [0.2, 0.25) is 0 Å². The average Bonchev–Trinajstić information content (AvgIpc) is 2.55. The molecule has 2 amide bonds. The second-order valence-electron chi connectivity index (χ2n) is 6.97. The van der Waals surface area contributed by atoms with E-state index in [4.69, 9.17) is 16.3 Å². The summed E-state index contributed by atoms with van der Waals surface area (Å²) >= 11 is 5.52. The van der Waals surface area contributed by atoms with E-state index in [-0.39, 0.29) is 16.9 Å². The summed E-state index contributed by atoms with van der Waals surface area (Å²) in [5.41, 5.74) is -2.54. The lowest BCUT2D eigenvalue weighted by molar-refractivity contribution is -0.137. The summed E-state index contributed by atoms with van der Waals surface area (Å²) < 4.78 is 57.9. The van der Waals surface area contributed by atoms with Gasteiger partial charge < -0.3 is 10.1 Å². The van der Waals surface area contributed by atoms with Gasteiger partial charge in [0.15, 0.2) is 0 Å². The van der Waals surface area contributed by atoms with E-state index in [0.29, 0.717) is 6.07 Å². The summed E-state index contributed by atoms with van der Waals surface area (Å²) in [6, 6.07) is 5.89. The van der Waals surface area contributed by atoms with Gasteiger partial charge in [-0.1, -0.05) is 11.6 Å². The Bertz CT molecular complexity index is 940. The molecule has 0 aromatic heterocycles. The van der Waals surface area contributed by atoms with Crippen molar-refractivity contribution in [3.63, 3.8) is 0 Å². The van der Waals surface area contributed by atoms with E-state index >= 15 is 0 Å². The first-order valence-corrected chi connectivity index (χ1v) is 8.62. The van der Waals surface area contributed by atoms with Crippen LogP contribution in [0.3, 0.4) is 0 Å². The first-order chi connectivity index (χ1) is 13.3. The fourth-order valence-corrected chi connectivity index (χ4v) is 2.42. The van der Waals surface area contributed by atoms with E-state index in [2.05, 4.69) is 10.6 Å². The number of hydrogen-bond donors (Lipinski definition) is 2. The van der Waals surface area contributed by atoms with Crippen molar-refractivity contribution in [3.05, 3.63) is 58.4 Å². The van der Waals surface area contributed by atoms with Crippen molar-refractivity contribution >= 4 is 35.0 Å². The van der Waals surface area contributed by atoms with Crippen molar-refractivity contribution in [3.8, 4) is 0 Å². The predicted molar refractivity (Wildman–Crippen MR) is 101 cm³/mol. The van der Waals surface area contributed by atoms with Crippen molar-refractivity contribution in [1.29, 1.82) is 0 Å². The molecule has 0 atom stereocenters. The molecule has 5 nitrogen and oxygen atoms in total. The smallest absolute Gasteiger partial charge is 0.417 e. The van der Waals surface area contributed by atoms with Crippen LogP contribution < -0.4 is 10.6 Å². The molecule has 2 aromatic rings.